The molecule has 0 saturated heterocycles. The van der Waals surface area contributed by atoms with Crippen LogP contribution in [0.2, 0.25) is 0 Å². The standard InChI is InChI=1S/C16H18ClFO/c1-19-10-4-5-11(12(18)7-10)16(17)15-13-8-2-3-9(6-8)14(13)15/h4-5,7-9,13-16H,2-3,6H2,1H3. The average Bonchev–Trinajstić information content (AvgIpc) is 2.86. The number of alkyl halides is 1. The summed E-state index contributed by atoms with van der Waals surface area (Å²) in [5, 5.41) is -0.163. The fourth-order valence-corrected chi connectivity index (χ4v) is 5.36. The van der Waals surface area contributed by atoms with Gasteiger partial charge in [0.15, 0.2) is 0 Å². The summed E-state index contributed by atoms with van der Waals surface area (Å²) < 4.78 is 19.1. The van der Waals surface area contributed by atoms with Crippen LogP contribution in [-0.2, 0) is 0 Å². The van der Waals surface area contributed by atoms with E-state index in [0.29, 0.717) is 17.2 Å². The van der Waals surface area contributed by atoms with E-state index in [1.54, 1.807) is 19.2 Å². The summed E-state index contributed by atoms with van der Waals surface area (Å²) in [5.74, 6) is 4.16. The van der Waals surface area contributed by atoms with E-state index in [9.17, 15) is 4.39 Å². The molecule has 0 heterocycles. The second-order valence-electron chi connectivity index (χ2n) is 6.35. The number of benzene rings is 1. The molecular formula is C16H18ClFO. The van der Waals surface area contributed by atoms with Crippen LogP contribution in [0.15, 0.2) is 18.2 Å². The number of rotatable bonds is 3. The van der Waals surface area contributed by atoms with Gasteiger partial charge in [-0.1, -0.05) is 6.07 Å². The van der Waals surface area contributed by atoms with Crippen molar-refractivity contribution in [2.75, 3.05) is 7.11 Å². The number of hydrogen-bond acceptors (Lipinski definition) is 1. The predicted molar refractivity (Wildman–Crippen MR) is 72.8 cm³/mol. The zero-order chi connectivity index (χ0) is 13.1. The summed E-state index contributed by atoms with van der Waals surface area (Å²) in [6.45, 7) is 0. The molecule has 3 heteroatoms. The minimum Gasteiger partial charge on any atom is -0.497 e. The van der Waals surface area contributed by atoms with Gasteiger partial charge in [-0.15, -0.1) is 11.6 Å². The fourth-order valence-electron chi connectivity index (χ4n) is 4.85. The largest absolute Gasteiger partial charge is 0.497 e. The van der Waals surface area contributed by atoms with Gasteiger partial charge in [-0.25, -0.2) is 4.39 Å². The van der Waals surface area contributed by atoms with E-state index >= 15 is 0 Å². The van der Waals surface area contributed by atoms with Crippen LogP contribution in [0.25, 0.3) is 0 Å². The van der Waals surface area contributed by atoms with Crippen molar-refractivity contribution < 1.29 is 9.13 Å². The fraction of sp³-hybridized carbons (Fsp3) is 0.625. The molecule has 0 N–H and O–H groups in total. The molecule has 0 amide bonds. The van der Waals surface area contributed by atoms with Gasteiger partial charge in [-0.2, -0.15) is 0 Å². The average molecular weight is 281 g/mol. The molecule has 1 nitrogen and oxygen atoms in total. The van der Waals surface area contributed by atoms with E-state index in [2.05, 4.69) is 0 Å². The molecule has 0 aliphatic heterocycles. The Labute approximate surface area is 118 Å². The van der Waals surface area contributed by atoms with Crippen LogP contribution in [-0.4, -0.2) is 7.11 Å². The molecule has 1 aromatic rings. The van der Waals surface area contributed by atoms with E-state index in [1.165, 1.54) is 25.3 Å². The molecular weight excluding hydrogens is 263 g/mol. The van der Waals surface area contributed by atoms with Crippen molar-refractivity contribution in [2.24, 2.45) is 29.6 Å². The highest BCUT2D eigenvalue weighted by Crippen LogP contribution is 2.73. The minimum atomic E-state index is -0.225. The summed E-state index contributed by atoms with van der Waals surface area (Å²) in [4.78, 5) is 0. The second-order valence-corrected chi connectivity index (χ2v) is 6.82. The van der Waals surface area contributed by atoms with Crippen molar-refractivity contribution in [3.63, 3.8) is 0 Å². The van der Waals surface area contributed by atoms with Crippen molar-refractivity contribution in [3.05, 3.63) is 29.6 Å². The van der Waals surface area contributed by atoms with E-state index in [1.807, 2.05) is 0 Å². The summed E-state index contributed by atoms with van der Waals surface area (Å²) >= 11 is 6.58. The van der Waals surface area contributed by atoms with Gasteiger partial charge < -0.3 is 4.74 Å². The Morgan fingerprint density at radius 2 is 1.95 bits per heavy atom. The van der Waals surface area contributed by atoms with Gasteiger partial charge in [-0.05, 0) is 54.9 Å². The van der Waals surface area contributed by atoms with Crippen molar-refractivity contribution in [3.8, 4) is 5.75 Å². The van der Waals surface area contributed by atoms with Crippen LogP contribution in [0.3, 0.4) is 0 Å². The maximum Gasteiger partial charge on any atom is 0.131 e. The molecule has 3 fully saturated rings. The molecule has 19 heavy (non-hydrogen) atoms. The highest BCUT2D eigenvalue weighted by Gasteiger charge is 2.66. The van der Waals surface area contributed by atoms with Gasteiger partial charge in [0.25, 0.3) is 0 Å². The van der Waals surface area contributed by atoms with Gasteiger partial charge in [0, 0.05) is 11.6 Å². The van der Waals surface area contributed by atoms with Crippen LogP contribution in [0.5, 0.6) is 5.75 Å². The molecule has 0 radical (unpaired) electrons. The van der Waals surface area contributed by atoms with Crippen LogP contribution in [0.1, 0.15) is 30.2 Å². The van der Waals surface area contributed by atoms with Crippen LogP contribution >= 0.6 is 11.6 Å². The Hall–Kier alpha value is -0.760. The predicted octanol–water partition coefficient (Wildman–Crippen LogP) is 4.41. The van der Waals surface area contributed by atoms with E-state index < -0.39 is 0 Å². The molecule has 5 atom stereocenters. The number of methoxy groups -OCH3 is 1. The molecule has 0 spiro atoms. The molecule has 3 saturated carbocycles. The second kappa shape index (κ2) is 4.12. The highest BCUT2D eigenvalue weighted by atomic mass is 35.5. The number of ether oxygens (including phenoxy) is 1. The number of fused-ring (bicyclic) bond motifs is 5. The quantitative estimate of drug-likeness (QED) is 0.746. The van der Waals surface area contributed by atoms with Crippen molar-refractivity contribution in [1.82, 2.24) is 0 Å². The first kappa shape index (κ1) is 12.0. The maximum atomic E-state index is 14.1. The molecule has 5 unspecified atom stereocenters. The monoisotopic (exact) mass is 280 g/mol. The minimum absolute atomic E-state index is 0.163. The Morgan fingerprint density at radius 1 is 1.26 bits per heavy atom. The lowest BCUT2D eigenvalue weighted by atomic mass is 9.96. The first-order valence-corrected chi connectivity index (χ1v) is 7.62. The number of halogens is 2. The van der Waals surface area contributed by atoms with Crippen LogP contribution in [0, 0.1) is 35.4 Å². The molecule has 0 aromatic heterocycles. The van der Waals surface area contributed by atoms with Crippen molar-refractivity contribution >= 4 is 11.6 Å². The van der Waals surface area contributed by atoms with Gasteiger partial charge in [-0.3, -0.25) is 0 Å². The molecule has 4 rings (SSSR count). The maximum absolute atomic E-state index is 14.1. The van der Waals surface area contributed by atoms with E-state index in [0.717, 1.165) is 23.7 Å². The van der Waals surface area contributed by atoms with Crippen LogP contribution in [0.4, 0.5) is 4.39 Å². The Bertz CT molecular complexity index is 501. The molecule has 3 aliphatic carbocycles. The zero-order valence-corrected chi connectivity index (χ0v) is 11.7. The van der Waals surface area contributed by atoms with Gasteiger partial charge in [0.1, 0.15) is 11.6 Å². The third-order valence-corrected chi connectivity index (χ3v) is 6.16. The topological polar surface area (TPSA) is 9.23 Å². The van der Waals surface area contributed by atoms with E-state index in [-0.39, 0.29) is 11.2 Å². The van der Waals surface area contributed by atoms with Crippen molar-refractivity contribution in [1.29, 1.82) is 0 Å². The summed E-state index contributed by atoms with van der Waals surface area (Å²) in [5.41, 5.74) is 0.654. The van der Waals surface area contributed by atoms with E-state index in [4.69, 9.17) is 16.3 Å². The first-order chi connectivity index (χ1) is 9.20. The van der Waals surface area contributed by atoms with Crippen LogP contribution < -0.4 is 4.74 Å². The van der Waals surface area contributed by atoms with Gasteiger partial charge in [0.2, 0.25) is 0 Å². The highest BCUT2D eigenvalue weighted by molar-refractivity contribution is 6.21. The van der Waals surface area contributed by atoms with Crippen molar-refractivity contribution in [2.45, 2.75) is 24.6 Å². The summed E-state index contributed by atoms with van der Waals surface area (Å²) in [7, 11) is 1.55. The summed E-state index contributed by atoms with van der Waals surface area (Å²) in [6.07, 6.45) is 4.15. The third kappa shape index (κ3) is 1.65. The lowest BCUT2D eigenvalue weighted by Gasteiger charge is -2.15. The zero-order valence-electron chi connectivity index (χ0n) is 11.0. The Kier molecular flexibility index (Phi) is 2.60. The first-order valence-electron chi connectivity index (χ1n) is 7.18. The lowest BCUT2D eigenvalue weighted by molar-refractivity contribution is 0.409. The summed E-state index contributed by atoms with van der Waals surface area (Å²) in [6, 6.07) is 5.04. The third-order valence-electron chi connectivity index (χ3n) is 5.64. The normalized spacial score (nSPS) is 40.1. The molecule has 1 aromatic carbocycles. The lowest BCUT2D eigenvalue weighted by Crippen LogP contribution is -2.06. The SMILES string of the molecule is COc1ccc(C(Cl)C2C3C4CCC(C4)C32)c(F)c1. The number of hydrogen-bond donors (Lipinski definition) is 0. The smallest absolute Gasteiger partial charge is 0.131 e. The molecule has 3 aliphatic rings. The molecule has 102 valence electrons. The Balaban J connectivity index is 1.57. The van der Waals surface area contributed by atoms with Gasteiger partial charge in [0.05, 0.1) is 12.5 Å². The Morgan fingerprint density at radius 3 is 2.53 bits per heavy atom. The molecule has 2 bridgehead atoms. The van der Waals surface area contributed by atoms with Gasteiger partial charge >= 0.3 is 0 Å².